The van der Waals surface area contributed by atoms with Crippen LogP contribution in [-0.4, -0.2) is 49.0 Å². The van der Waals surface area contributed by atoms with Crippen LogP contribution < -0.4 is 15.1 Å². The number of hydrogen-bond acceptors (Lipinski definition) is 5. The minimum atomic E-state index is -0.314. The number of rotatable bonds is 7. The number of aryl methyl sites for hydroxylation is 1. The Morgan fingerprint density at radius 3 is 2.42 bits per heavy atom. The van der Waals surface area contributed by atoms with E-state index < -0.39 is 0 Å². The van der Waals surface area contributed by atoms with Crippen molar-refractivity contribution in [2.45, 2.75) is 19.4 Å². The van der Waals surface area contributed by atoms with Crippen LogP contribution in [0.2, 0.25) is 0 Å². The summed E-state index contributed by atoms with van der Waals surface area (Å²) < 4.78 is 0. The lowest BCUT2D eigenvalue weighted by Crippen LogP contribution is -2.31. The third-order valence-electron chi connectivity index (χ3n) is 5.71. The summed E-state index contributed by atoms with van der Waals surface area (Å²) in [5.41, 5.74) is 4.65. The van der Waals surface area contributed by atoms with Gasteiger partial charge in [0.2, 0.25) is 0 Å². The monoisotopic (exact) mass is 442 g/mol. The van der Waals surface area contributed by atoms with E-state index in [-0.39, 0.29) is 11.9 Å². The van der Waals surface area contributed by atoms with Gasteiger partial charge in [-0.05, 0) is 42.8 Å². The molecule has 170 valence electrons. The van der Waals surface area contributed by atoms with Crippen LogP contribution in [0.1, 0.15) is 33.5 Å². The van der Waals surface area contributed by atoms with Gasteiger partial charge in [-0.3, -0.25) is 4.79 Å². The molecule has 0 aliphatic carbocycles. The number of anilines is 2. The van der Waals surface area contributed by atoms with E-state index in [1.807, 2.05) is 93.6 Å². The van der Waals surface area contributed by atoms with Crippen LogP contribution in [0, 0.1) is 6.92 Å². The zero-order chi connectivity index (χ0) is 23.5. The molecule has 0 saturated heterocycles. The Morgan fingerprint density at radius 1 is 1.00 bits per heavy atom. The Balaban J connectivity index is 1.68. The van der Waals surface area contributed by atoms with Crippen LogP contribution in [0.25, 0.3) is 10.9 Å². The summed E-state index contributed by atoms with van der Waals surface area (Å²) in [6.07, 6.45) is 2.62. The highest BCUT2D eigenvalue weighted by Gasteiger charge is 2.21. The van der Waals surface area contributed by atoms with Gasteiger partial charge in [0.25, 0.3) is 5.91 Å². The molecule has 2 heterocycles. The Hall–Kier alpha value is -3.87. The second kappa shape index (κ2) is 9.32. The van der Waals surface area contributed by atoms with E-state index in [0.717, 1.165) is 33.7 Å². The zero-order valence-electron chi connectivity index (χ0n) is 19.8. The van der Waals surface area contributed by atoms with Crippen molar-refractivity contribution >= 4 is 28.3 Å². The first kappa shape index (κ1) is 22.3. The van der Waals surface area contributed by atoms with Gasteiger partial charge in [-0.15, -0.1) is 0 Å². The number of para-hydroxylation sites is 1. The van der Waals surface area contributed by atoms with E-state index in [2.05, 4.69) is 27.4 Å². The molecule has 0 aliphatic heterocycles. The highest BCUT2D eigenvalue weighted by Crippen LogP contribution is 2.26. The summed E-state index contributed by atoms with van der Waals surface area (Å²) in [7, 11) is 7.86. The average Bonchev–Trinajstić information content (AvgIpc) is 3.21. The first-order valence-electron chi connectivity index (χ1n) is 11.0. The fourth-order valence-corrected chi connectivity index (χ4v) is 3.88. The predicted molar refractivity (Wildman–Crippen MR) is 134 cm³/mol. The summed E-state index contributed by atoms with van der Waals surface area (Å²) in [6.45, 7) is 1.88. The minimum Gasteiger partial charge on any atom is -0.378 e. The number of fused-ring (bicyclic) bond motifs is 1. The number of carbonyl (C=O) groups excluding carboxylic acids is 1. The summed E-state index contributed by atoms with van der Waals surface area (Å²) in [6, 6.07) is 17.4. The van der Waals surface area contributed by atoms with Gasteiger partial charge in [0.15, 0.2) is 0 Å². The molecule has 0 saturated carbocycles. The summed E-state index contributed by atoms with van der Waals surface area (Å²) in [5.74, 6) is 1.35. The van der Waals surface area contributed by atoms with Gasteiger partial charge in [0.1, 0.15) is 11.6 Å². The van der Waals surface area contributed by atoms with E-state index in [1.54, 1.807) is 0 Å². The lowest BCUT2D eigenvalue weighted by molar-refractivity contribution is 0.0935. The molecule has 0 bridgehead atoms. The maximum Gasteiger partial charge on any atom is 0.251 e. The molecule has 33 heavy (non-hydrogen) atoms. The SMILES string of the molecule is Cc1nc(C(Cc2c[nH]c3ccccc23)NC(=O)c2ccc(N(C)C)cc2)cc(N(C)C)n1. The standard InChI is InChI=1S/C26H30N6O/c1-17-28-24(15-25(29-17)32(4)5)23(14-19-16-27-22-9-7-6-8-21(19)22)30-26(33)18-10-12-20(13-11-18)31(2)3/h6-13,15-16,23,27H,14H2,1-5H3,(H,30,33). The summed E-state index contributed by atoms with van der Waals surface area (Å²) >= 11 is 0. The Morgan fingerprint density at radius 2 is 1.73 bits per heavy atom. The fourth-order valence-electron chi connectivity index (χ4n) is 3.88. The van der Waals surface area contributed by atoms with Gasteiger partial charge in [-0.2, -0.15) is 0 Å². The Bertz CT molecular complexity index is 1260. The van der Waals surface area contributed by atoms with E-state index in [9.17, 15) is 4.79 Å². The van der Waals surface area contributed by atoms with E-state index >= 15 is 0 Å². The van der Waals surface area contributed by atoms with Gasteiger partial charge in [-0.25, -0.2) is 9.97 Å². The molecule has 0 fully saturated rings. The molecule has 7 heteroatoms. The molecule has 0 aliphatic rings. The van der Waals surface area contributed by atoms with Crippen molar-refractivity contribution in [3.8, 4) is 0 Å². The predicted octanol–water partition coefficient (Wildman–Crippen LogP) is 4.11. The second-order valence-corrected chi connectivity index (χ2v) is 8.62. The molecule has 4 aromatic rings. The number of amides is 1. The van der Waals surface area contributed by atoms with E-state index in [4.69, 9.17) is 4.98 Å². The third-order valence-corrected chi connectivity index (χ3v) is 5.71. The van der Waals surface area contributed by atoms with Gasteiger partial charge < -0.3 is 20.1 Å². The first-order chi connectivity index (χ1) is 15.8. The summed E-state index contributed by atoms with van der Waals surface area (Å²) in [4.78, 5) is 29.7. The van der Waals surface area contributed by atoms with Crippen LogP contribution >= 0.6 is 0 Å². The van der Waals surface area contributed by atoms with E-state index in [0.29, 0.717) is 17.8 Å². The number of H-pyrrole nitrogens is 1. The van der Waals surface area contributed by atoms with Crippen LogP contribution in [0.3, 0.4) is 0 Å². The quantitative estimate of drug-likeness (QED) is 0.450. The largest absolute Gasteiger partial charge is 0.378 e. The van der Waals surface area contributed by atoms with Gasteiger partial charge >= 0.3 is 0 Å². The Labute approximate surface area is 194 Å². The number of nitrogens with one attached hydrogen (secondary N) is 2. The molecule has 1 amide bonds. The number of aromatic nitrogens is 3. The second-order valence-electron chi connectivity index (χ2n) is 8.62. The lowest BCUT2D eigenvalue weighted by Gasteiger charge is -2.21. The zero-order valence-corrected chi connectivity index (χ0v) is 19.8. The normalized spacial score (nSPS) is 11.9. The van der Waals surface area contributed by atoms with Gasteiger partial charge in [0.05, 0.1) is 11.7 Å². The number of nitrogens with zero attached hydrogens (tertiary/aromatic N) is 4. The van der Waals surface area contributed by atoms with Crippen molar-refractivity contribution in [2.24, 2.45) is 0 Å². The minimum absolute atomic E-state index is 0.132. The van der Waals surface area contributed by atoms with Crippen LogP contribution in [0.5, 0.6) is 0 Å². The molecule has 1 atom stereocenters. The molecule has 0 radical (unpaired) electrons. The fraction of sp³-hybridized carbons (Fsp3) is 0.269. The van der Waals surface area contributed by atoms with Crippen molar-refractivity contribution in [3.05, 3.63) is 83.4 Å². The van der Waals surface area contributed by atoms with Crippen molar-refractivity contribution < 1.29 is 4.79 Å². The van der Waals surface area contributed by atoms with Gasteiger partial charge in [-0.1, -0.05) is 18.2 Å². The first-order valence-corrected chi connectivity index (χ1v) is 11.0. The Kier molecular flexibility index (Phi) is 6.31. The maximum atomic E-state index is 13.2. The number of aromatic amines is 1. The van der Waals surface area contributed by atoms with Crippen molar-refractivity contribution in [3.63, 3.8) is 0 Å². The molecule has 0 spiro atoms. The van der Waals surface area contributed by atoms with Crippen molar-refractivity contribution in [1.29, 1.82) is 0 Å². The summed E-state index contributed by atoms with van der Waals surface area (Å²) in [5, 5.41) is 4.36. The highest BCUT2D eigenvalue weighted by atomic mass is 16.1. The smallest absolute Gasteiger partial charge is 0.251 e. The highest BCUT2D eigenvalue weighted by molar-refractivity contribution is 5.95. The maximum absolute atomic E-state index is 13.2. The molecule has 2 N–H and O–H groups in total. The van der Waals surface area contributed by atoms with Crippen LogP contribution in [0.15, 0.2) is 60.8 Å². The number of hydrogen-bond donors (Lipinski definition) is 2. The van der Waals surface area contributed by atoms with E-state index in [1.165, 1.54) is 0 Å². The lowest BCUT2D eigenvalue weighted by atomic mass is 10.0. The van der Waals surface area contributed by atoms with Crippen molar-refractivity contribution in [1.82, 2.24) is 20.3 Å². The molecule has 1 unspecified atom stereocenters. The van der Waals surface area contributed by atoms with Crippen LogP contribution in [-0.2, 0) is 6.42 Å². The van der Waals surface area contributed by atoms with Gasteiger partial charge in [0, 0.05) is 69.0 Å². The molecule has 2 aromatic carbocycles. The molecule has 2 aromatic heterocycles. The average molecular weight is 443 g/mol. The third kappa shape index (κ3) is 4.98. The molecule has 7 nitrogen and oxygen atoms in total. The molecule has 4 rings (SSSR count). The molecular weight excluding hydrogens is 412 g/mol. The van der Waals surface area contributed by atoms with Crippen molar-refractivity contribution in [2.75, 3.05) is 38.0 Å². The number of carbonyl (C=O) groups is 1. The molecular formula is C26H30N6O. The number of benzene rings is 2. The topological polar surface area (TPSA) is 77.2 Å². The van der Waals surface area contributed by atoms with Crippen LogP contribution in [0.4, 0.5) is 11.5 Å².